The van der Waals surface area contributed by atoms with Gasteiger partial charge in [-0.15, -0.1) is 0 Å². The van der Waals surface area contributed by atoms with E-state index >= 15 is 0 Å². The Balaban J connectivity index is 2.33. The molecule has 1 rings (SSSR count). The van der Waals surface area contributed by atoms with Gasteiger partial charge < -0.3 is 0 Å². The van der Waals surface area contributed by atoms with Crippen LogP contribution < -0.4 is 4.35 Å². The van der Waals surface area contributed by atoms with Gasteiger partial charge in [-0.25, -0.2) is 0 Å². The maximum absolute atomic E-state index is 2.39. The molecule has 1 atom stereocenters. The van der Waals surface area contributed by atoms with Crippen molar-refractivity contribution in [2.45, 2.75) is 104 Å². The Hall–Kier alpha value is -0.222. The Kier molecular flexibility index (Phi) is 12.8. The molecule has 1 aromatic carbocycles. The first kappa shape index (κ1) is 20.8. The second kappa shape index (κ2) is 14.1. The van der Waals surface area contributed by atoms with Gasteiger partial charge in [-0.05, 0) is 0 Å². The van der Waals surface area contributed by atoms with Gasteiger partial charge in [0.15, 0.2) is 0 Å². The Morgan fingerprint density at radius 2 is 1.17 bits per heavy atom. The van der Waals surface area contributed by atoms with E-state index in [1.807, 2.05) is 16.9 Å². The molecular formula is C22H39As. The number of hydrogen-bond acceptors (Lipinski definition) is 0. The number of hydrogen-bond donors (Lipinski definition) is 0. The molecule has 0 amide bonds. The predicted octanol–water partition coefficient (Wildman–Crippen LogP) is 5.75. The van der Waals surface area contributed by atoms with E-state index in [-0.39, 0.29) is 0 Å². The van der Waals surface area contributed by atoms with E-state index in [1.54, 1.807) is 15.5 Å². The van der Waals surface area contributed by atoms with Crippen molar-refractivity contribution in [2.75, 3.05) is 0 Å². The first-order valence-electron chi connectivity index (χ1n) is 10.2. The molecule has 132 valence electrons. The third kappa shape index (κ3) is 9.61. The minimum atomic E-state index is 1.30. The molecule has 0 bridgehead atoms. The summed E-state index contributed by atoms with van der Waals surface area (Å²) in [5.74, 6) is 0. The summed E-state index contributed by atoms with van der Waals surface area (Å²) in [7, 11) is 0. The fourth-order valence-corrected chi connectivity index (χ4v) is 4.30. The first-order valence-corrected chi connectivity index (χ1v) is 11.4. The van der Waals surface area contributed by atoms with Gasteiger partial charge in [-0.2, -0.15) is 0 Å². The van der Waals surface area contributed by atoms with Gasteiger partial charge >= 0.3 is 154 Å². The summed E-state index contributed by atoms with van der Waals surface area (Å²) >= 11 is 1.81. The molecule has 0 saturated carbocycles. The first-order chi connectivity index (χ1) is 11.3. The van der Waals surface area contributed by atoms with Gasteiger partial charge in [0.25, 0.3) is 0 Å². The summed E-state index contributed by atoms with van der Waals surface area (Å²) in [5.41, 5.74) is 3.34. The van der Waals surface area contributed by atoms with E-state index in [1.165, 1.54) is 89.9 Å². The molecule has 0 aromatic heterocycles. The number of rotatable bonds is 14. The maximum atomic E-state index is 2.39. The van der Waals surface area contributed by atoms with Gasteiger partial charge in [-0.3, -0.25) is 0 Å². The van der Waals surface area contributed by atoms with Crippen LogP contribution in [0.2, 0.25) is 0 Å². The molecular weight excluding hydrogens is 339 g/mol. The van der Waals surface area contributed by atoms with Gasteiger partial charge in [-0.1, -0.05) is 0 Å². The van der Waals surface area contributed by atoms with Gasteiger partial charge in [0.2, 0.25) is 0 Å². The zero-order valence-electron chi connectivity index (χ0n) is 15.7. The third-order valence-corrected chi connectivity index (χ3v) is 6.02. The van der Waals surface area contributed by atoms with Crippen LogP contribution in [0.4, 0.5) is 0 Å². The molecule has 0 fully saturated rings. The standard InChI is InChI=1S/C22H39As/c1-3-5-7-9-11-13-16-20-17-15-19-22(23)21(20)18-14-12-10-8-6-4-2/h15,17,19H,3-14,16,18,23H2,1-2H3. The van der Waals surface area contributed by atoms with Crippen molar-refractivity contribution in [3.63, 3.8) is 0 Å². The van der Waals surface area contributed by atoms with Crippen molar-refractivity contribution >= 4 is 21.2 Å². The van der Waals surface area contributed by atoms with E-state index in [0.29, 0.717) is 0 Å². The minimum absolute atomic E-state index is 1.30. The molecule has 0 aliphatic rings. The van der Waals surface area contributed by atoms with Crippen molar-refractivity contribution in [2.24, 2.45) is 0 Å². The van der Waals surface area contributed by atoms with Crippen molar-refractivity contribution < 1.29 is 0 Å². The second-order valence-electron chi connectivity index (χ2n) is 7.02. The van der Waals surface area contributed by atoms with E-state index in [4.69, 9.17) is 0 Å². The number of unbranched alkanes of at least 4 members (excludes halogenated alkanes) is 10. The van der Waals surface area contributed by atoms with Crippen LogP contribution >= 0.6 is 0 Å². The summed E-state index contributed by atoms with van der Waals surface area (Å²) in [4.78, 5) is 0. The van der Waals surface area contributed by atoms with Crippen LogP contribution in [-0.4, -0.2) is 16.9 Å². The predicted molar refractivity (Wildman–Crippen MR) is 109 cm³/mol. The number of benzene rings is 1. The van der Waals surface area contributed by atoms with Crippen molar-refractivity contribution in [1.82, 2.24) is 0 Å². The monoisotopic (exact) mass is 378 g/mol. The molecule has 0 aliphatic heterocycles. The van der Waals surface area contributed by atoms with Crippen LogP contribution in [0.5, 0.6) is 0 Å². The Morgan fingerprint density at radius 3 is 1.78 bits per heavy atom. The SMILES string of the molecule is CCCCCCCCc1cccc([AsH2])c1CCCCCCCC. The van der Waals surface area contributed by atoms with E-state index in [0.717, 1.165) is 0 Å². The van der Waals surface area contributed by atoms with Gasteiger partial charge in [0.05, 0.1) is 0 Å². The van der Waals surface area contributed by atoms with Crippen LogP contribution in [-0.2, 0) is 12.8 Å². The van der Waals surface area contributed by atoms with Crippen LogP contribution in [0, 0.1) is 0 Å². The fourth-order valence-electron chi connectivity index (χ4n) is 3.37. The summed E-state index contributed by atoms with van der Waals surface area (Å²) in [6, 6.07) is 6.99. The van der Waals surface area contributed by atoms with Crippen LogP contribution in [0.1, 0.15) is 102 Å². The van der Waals surface area contributed by atoms with Crippen molar-refractivity contribution in [3.05, 3.63) is 29.3 Å². The van der Waals surface area contributed by atoms with Crippen LogP contribution in [0.15, 0.2) is 18.2 Å². The molecule has 0 radical (unpaired) electrons. The van der Waals surface area contributed by atoms with E-state index < -0.39 is 0 Å². The summed E-state index contributed by atoms with van der Waals surface area (Å²) in [6.45, 7) is 4.59. The molecule has 0 aliphatic carbocycles. The molecule has 0 heterocycles. The van der Waals surface area contributed by atoms with Crippen molar-refractivity contribution in [3.8, 4) is 0 Å². The van der Waals surface area contributed by atoms with E-state index in [2.05, 4.69) is 32.0 Å². The van der Waals surface area contributed by atoms with Crippen molar-refractivity contribution in [1.29, 1.82) is 0 Å². The average Bonchev–Trinajstić information content (AvgIpc) is 2.56. The molecule has 0 nitrogen and oxygen atoms in total. The topological polar surface area (TPSA) is 0 Å². The van der Waals surface area contributed by atoms with Gasteiger partial charge in [0.1, 0.15) is 0 Å². The third-order valence-electron chi connectivity index (χ3n) is 4.89. The molecule has 0 spiro atoms. The molecule has 0 saturated heterocycles. The summed E-state index contributed by atoms with van der Waals surface area (Å²) < 4.78 is 1.58. The molecule has 23 heavy (non-hydrogen) atoms. The molecule has 1 aromatic rings. The molecule has 1 heteroatoms. The van der Waals surface area contributed by atoms with Crippen LogP contribution in [0.3, 0.4) is 0 Å². The zero-order chi connectivity index (χ0) is 16.8. The second-order valence-corrected chi connectivity index (χ2v) is 8.33. The zero-order valence-corrected chi connectivity index (χ0v) is 18.1. The van der Waals surface area contributed by atoms with Gasteiger partial charge in [0, 0.05) is 0 Å². The Bertz CT molecular complexity index is 397. The van der Waals surface area contributed by atoms with E-state index in [9.17, 15) is 0 Å². The quantitative estimate of drug-likeness (QED) is 0.286. The number of aryl methyl sites for hydroxylation is 1. The Morgan fingerprint density at radius 1 is 0.652 bits per heavy atom. The normalized spacial score (nSPS) is 11.1. The molecule has 0 N–H and O–H groups in total. The fraction of sp³-hybridized carbons (Fsp3) is 0.727. The average molecular weight is 378 g/mol. The van der Waals surface area contributed by atoms with Crippen LogP contribution in [0.25, 0.3) is 0 Å². The Labute approximate surface area is 154 Å². The summed E-state index contributed by atoms with van der Waals surface area (Å²) in [6.07, 6.45) is 19.4. The summed E-state index contributed by atoms with van der Waals surface area (Å²) in [5, 5.41) is 0. The molecule has 1 unspecified atom stereocenters.